The van der Waals surface area contributed by atoms with E-state index in [0.717, 1.165) is 50.0 Å². The first-order chi connectivity index (χ1) is 17.7. The summed E-state index contributed by atoms with van der Waals surface area (Å²) >= 11 is 0. The van der Waals surface area contributed by atoms with E-state index >= 15 is 0 Å². The van der Waals surface area contributed by atoms with Crippen molar-refractivity contribution in [2.45, 2.75) is 50.2 Å². The van der Waals surface area contributed by atoms with Crippen LogP contribution in [0.3, 0.4) is 0 Å². The summed E-state index contributed by atoms with van der Waals surface area (Å²) in [7, 11) is 0. The van der Waals surface area contributed by atoms with Crippen LogP contribution in [0.4, 0.5) is 5.69 Å². The Kier molecular flexibility index (Phi) is 6.18. The second-order valence-corrected chi connectivity index (χ2v) is 10.2. The molecule has 3 aliphatic rings. The lowest BCUT2D eigenvalue weighted by Crippen LogP contribution is -2.50. The minimum atomic E-state index is -0.194. The highest BCUT2D eigenvalue weighted by Gasteiger charge is 2.48. The van der Waals surface area contributed by atoms with Crippen LogP contribution in [0, 0.1) is 11.8 Å². The SMILES string of the molecule is O=C(N[C@@H]1CCCC[C@@H]1C(=O)N1CCC2C(c3ccccn3)Nc3ccccc3C21)c1ccccc1. The van der Waals surface area contributed by atoms with Gasteiger partial charge in [-0.05, 0) is 55.2 Å². The van der Waals surface area contributed by atoms with Crippen LogP contribution in [0.25, 0.3) is 0 Å². The van der Waals surface area contributed by atoms with Gasteiger partial charge >= 0.3 is 0 Å². The van der Waals surface area contributed by atoms with Crippen molar-refractivity contribution in [3.63, 3.8) is 0 Å². The highest BCUT2D eigenvalue weighted by Crippen LogP contribution is 2.51. The van der Waals surface area contributed by atoms with Crippen LogP contribution in [0.5, 0.6) is 0 Å². The summed E-state index contributed by atoms with van der Waals surface area (Å²) in [5.41, 5.74) is 3.91. The van der Waals surface area contributed by atoms with E-state index in [-0.39, 0.29) is 41.8 Å². The van der Waals surface area contributed by atoms with Gasteiger partial charge in [-0.1, -0.05) is 55.3 Å². The Labute approximate surface area is 212 Å². The van der Waals surface area contributed by atoms with E-state index in [1.54, 1.807) is 0 Å². The molecule has 2 aromatic carbocycles. The number of anilines is 1. The molecule has 36 heavy (non-hydrogen) atoms. The standard InChI is InChI=1S/C30H32N4O2/c35-29(20-10-2-1-3-11-20)33-25-15-7-5-13-22(25)30(36)34-19-17-23-27(26-16-8-9-18-31-26)32-24-14-6-4-12-21(24)28(23)34/h1-4,6,8-12,14,16,18,22-23,25,27-28,32H,5,7,13,15,17,19H2,(H,33,35)/t22-,23?,25+,27?,28?/m0/s1. The summed E-state index contributed by atoms with van der Waals surface area (Å²) in [5.74, 6) is 0.138. The highest BCUT2D eigenvalue weighted by molar-refractivity contribution is 5.94. The predicted molar refractivity (Wildman–Crippen MR) is 139 cm³/mol. The fraction of sp³-hybridized carbons (Fsp3) is 0.367. The fourth-order valence-corrected chi connectivity index (χ4v) is 6.48. The van der Waals surface area contributed by atoms with Gasteiger partial charge in [0, 0.05) is 36.0 Å². The molecule has 2 aliphatic heterocycles. The molecule has 1 aliphatic carbocycles. The third kappa shape index (κ3) is 4.15. The molecule has 1 saturated heterocycles. The minimum Gasteiger partial charge on any atom is -0.376 e. The van der Waals surface area contributed by atoms with Crippen molar-refractivity contribution >= 4 is 17.5 Å². The average molecular weight is 481 g/mol. The van der Waals surface area contributed by atoms with E-state index in [2.05, 4.69) is 44.8 Å². The van der Waals surface area contributed by atoms with E-state index < -0.39 is 0 Å². The van der Waals surface area contributed by atoms with Crippen LogP contribution >= 0.6 is 0 Å². The largest absolute Gasteiger partial charge is 0.376 e. The predicted octanol–water partition coefficient (Wildman–Crippen LogP) is 5.13. The lowest BCUT2D eigenvalue weighted by atomic mass is 9.80. The number of amides is 2. The Morgan fingerprint density at radius 2 is 1.67 bits per heavy atom. The molecule has 6 heteroatoms. The van der Waals surface area contributed by atoms with Crippen LogP contribution in [0.2, 0.25) is 0 Å². The number of hydrogen-bond donors (Lipinski definition) is 2. The zero-order chi connectivity index (χ0) is 24.5. The van der Waals surface area contributed by atoms with E-state index in [1.165, 1.54) is 5.56 Å². The van der Waals surface area contributed by atoms with Crippen LogP contribution in [-0.2, 0) is 4.79 Å². The number of likely N-dealkylation sites (tertiary alicyclic amines) is 1. The van der Waals surface area contributed by atoms with Gasteiger partial charge in [0.2, 0.25) is 5.91 Å². The molecule has 184 valence electrons. The fourth-order valence-electron chi connectivity index (χ4n) is 6.48. The molecule has 1 aromatic heterocycles. The summed E-state index contributed by atoms with van der Waals surface area (Å²) < 4.78 is 0. The topological polar surface area (TPSA) is 74.3 Å². The molecular formula is C30H32N4O2. The third-order valence-corrected chi connectivity index (χ3v) is 8.19. The molecular weight excluding hydrogens is 448 g/mol. The first-order valence-electron chi connectivity index (χ1n) is 13.1. The number of rotatable bonds is 4. The van der Waals surface area contributed by atoms with Crippen molar-refractivity contribution < 1.29 is 9.59 Å². The molecule has 6 rings (SSSR count). The Hall–Kier alpha value is -3.67. The number of aromatic nitrogens is 1. The summed E-state index contributed by atoms with van der Waals surface area (Å²) in [6.07, 6.45) is 6.47. The number of pyridine rings is 1. The van der Waals surface area contributed by atoms with Crippen LogP contribution in [0.1, 0.15) is 65.8 Å². The maximum Gasteiger partial charge on any atom is 0.251 e. The van der Waals surface area contributed by atoms with Crippen molar-refractivity contribution in [2.75, 3.05) is 11.9 Å². The van der Waals surface area contributed by atoms with Gasteiger partial charge in [0.05, 0.1) is 23.7 Å². The van der Waals surface area contributed by atoms with Crippen LogP contribution in [0.15, 0.2) is 79.0 Å². The Morgan fingerprint density at radius 1 is 0.889 bits per heavy atom. The van der Waals surface area contributed by atoms with Gasteiger partial charge in [0.1, 0.15) is 0 Å². The first kappa shape index (κ1) is 22.8. The van der Waals surface area contributed by atoms with E-state index in [0.29, 0.717) is 5.56 Å². The molecule has 2 N–H and O–H groups in total. The third-order valence-electron chi connectivity index (χ3n) is 8.19. The molecule has 2 amide bonds. The molecule has 2 fully saturated rings. The van der Waals surface area contributed by atoms with Gasteiger partial charge in [-0.2, -0.15) is 0 Å². The number of carbonyl (C=O) groups excluding carboxylic acids is 2. The van der Waals surface area contributed by atoms with Crippen molar-refractivity contribution in [3.8, 4) is 0 Å². The van der Waals surface area contributed by atoms with Crippen molar-refractivity contribution in [1.29, 1.82) is 0 Å². The molecule has 5 atom stereocenters. The zero-order valence-electron chi connectivity index (χ0n) is 20.3. The average Bonchev–Trinajstić information content (AvgIpc) is 3.39. The number of nitrogens with one attached hydrogen (secondary N) is 2. The van der Waals surface area contributed by atoms with Crippen LogP contribution in [-0.4, -0.2) is 34.3 Å². The number of carbonyl (C=O) groups is 2. The van der Waals surface area contributed by atoms with Crippen molar-refractivity contribution in [1.82, 2.24) is 15.2 Å². The second-order valence-electron chi connectivity index (χ2n) is 10.2. The number of hydrogen-bond acceptors (Lipinski definition) is 4. The lowest BCUT2D eigenvalue weighted by Gasteiger charge is -2.41. The Morgan fingerprint density at radius 3 is 2.50 bits per heavy atom. The smallest absolute Gasteiger partial charge is 0.251 e. The van der Waals surface area contributed by atoms with Gasteiger partial charge in [0.15, 0.2) is 0 Å². The molecule has 3 aromatic rings. The number of nitrogens with zero attached hydrogens (tertiary/aromatic N) is 2. The number of fused-ring (bicyclic) bond motifs is 3. The van der Waals surface area contributed by atoms with Gasteiger partial charge in [-0.3, -0.25) is 14.6 Å². The molecule has 3 unspecified atom stereocenters. The molecule has 6 nitrogen and oxygen atoms in total. The molecule has 0 bridgehead atoms. The van der Waals surface area contributed by atoms with Gasteiger partial charge in [-0.15, -0.1) is 0 Å². The Bertz CT molecular complexity index is 1230. The Balaban J connectivity index is 1.28. The summed E-state index contributed by atoms with van der Waals surface area (Å²) in [4.78, 5) is 33.9. The molecule has 0 radical (unpaired) electrons. The quantitative estimate of drug-likeness (QED) is 0.543. The molecule has 1 saturated carbocycles. The summed E-state index contributed by atoms with van der Waals surface area (Å²) in [5, 5.41) is 6.93. The first-order valence-corrected chi connectivity index (χ1v) is 13.1. The molecule has 3 heterocycles. The zero-order valence-corrected chi connectivity index (χ0v) is 20.3. The maximum atomic E-state index is 14.2. The number of para-hydroxylation sites is 1. The monoisotopic (exact) mass is 480 g/mol. The lowest BCUT2D eigenvalue weighted by molar-refractivity contribution is -0.138. The van der Waals surface area contributed by atoms with E-state index in [9.17, 15) is 9.59 Å². The number of benzene rings is 2. The van der Waals surface area contributed by atoms with Crippen LogP contribution < -0.4 is 10.6 Å². The normalized spacial score (nSPS) is 26.9. The van der Waals surface area contributed by atoms with Gasteiger partial charge in [-0.25, -0.2) is 0 Å². The second kappa shape index (κ2) is 9.76. The highest BCUT2D eigenvalue weighted by atomic mass is 16.2. The van der Waals surface area contributed by atoms with Gasteiger partial charge < -0.3 is 15.5 Å². The van der Waals surface area contributed by atoms with Crippen molar-refractivity contribution in [2.24, 2.45) is 11.8 Å². The minimum absolute atomic E-state index is 0.00866. The summed E-state index contributed by atoms with van der Waals surface area (Å²) in [6, 6.07) is 23.6. The van der Waals surface area contributed by atoms with E-state index in [1.807, 2.05) is 54.7 Å². The maximum absolute atomic E-state index is 14.2. The summed E-state index contributed by atoms with van der Waals surface area (Å²) in [6.45, 7) is 0.726. The molecule has 0 spiro atoms. The van der Waals surface area contributed by atoms with Crippen molar-refractivity contribution in [3.05, 3.63) is 95.8 Å². The van der Waals surface area contributed by atoms with E-state index in [4.69, 9.17) is 0 Å². The van der Waals surface area contributed by atoms with Gasteiger partial charge in [0.25, 0.3) is 5.91 Å².